The Bertz CT molecular complexity index is 763. The van der Waals surface area contributed by atoms with Crippen LogP contribution < -0.4 is 0 Å². The second-order valence-corrected chi connectivity index (χ2v) is 4.80. The van der Waals surface area contributed by atoms with E-state index in [1.165, 1.54) is 6.33 Å². The van der Waals surface area contributed by atoms with Crippen molar-refractivity contribution in [2.24, 2.45) is 0 Å². The summed E-state index contributed by atoms with van der Waals surface area (Å²) in [6.45, 7) is 3.18. The highest BCUT2D eigenvalue weighted by Gasteiger charge is 2.12. The van der Waals surface area contributed by atoms with Crippen LogP contribution in [0.1, 0.15) is 25.6 Å². The molecule has 0 amide bonds. The number of fused-ring (bicyclic) bond motifs is 1. The lowest BCUT2D eigenvalue weighted by atomic mass is 10.3. The SMILES string of the molecule is CCCCn1nnnc1Cn1cnc2cc(F)c(F)cc21. The highest BCUT2D eigenvalue weighted by molar-refractivity contribution is 5.75. The summed E-state index contributed by atoms with van der Waals surface area (Å²) in [5, 5.41) is 11.6. The average molecular weight is 292 g/mol. The van der Waals surface area contributed by atoms with Crippen LogP contribution in [0.15, 0.2) is 18.5 Å². The van der Waals surface area contributed by atoms with Crippen molar-refractivity contribution in [3.8, 4) is 0 Å². The predicted molar refractivity (Wildman–Crippen MR) is 71.5 cm³/mol. The van der Waals surface area contributed by atoms with E-state index in [4.69, 9.17) is 0 Å². The topological polar surface area (TPSA) is 61.4 Å². The fourth-order valence-electron chi connectivity index (χ4n) is 2.15. The third kappa shape index (κ3) is 2.61. The zero-order valence-corrected chi connectivity index (χ0v) is 11.5. The van der Waals surface area contributed by atoms with Gasteiger partial charge in [-0.2, -0.15) is 0 Å². The van der Waals surface area contributed by atoms with E-state index < -0.39 is 11.6 Å². The molecule has 0 N–H and O–H groups in total. The molecule has 0 bridgehead atoms. The van der Waals surface area contributed by atoms with E-state index in [9.17, 15) is 8.78 Å². The lowest BCUT2D eigenvalue weighted by Gasteiger charge is -2.05. The Hall–Kier alpha value is -2.38. The first-order chi connectivity index (χ1) is 10.2. The second kappa shape index (κ2) is 5.55. The first kappa shape index (κ1) is 13.6. The molecular formula is C13H14F2N6. The van der Waals surface area contributed by atoms with Gasteiger partial charge in [-0.05, 0) is 16.8 Å². The lowest BCUT2D eigenvalue weighted by Crippen LogP contribution is -2.10. The first-order valence-electron chi connectivity index (χ1n) is 6.74. The normalized spacial score (nSPS) is 11.4. The molecule has 21 heavy (non-hydrogen) atoms. The molecule has 0 aliphatic carbocycles. The first-order valence-corrected chi connectivity index (χ1v) is 6.74. The molecule has 3 rings (SSSR count). The van der Waals surface area contributed by atoms with Gasteiger partial charge >= 0.3 is 0 Å². The summed E-state index contributed by atoms with van der Waals surface area (Å²) in [7, 11) is 0. The van der Waals surface area contributed by atoms with E-state index in [2.05, 4.69) is 27.4 Å². The second-order valence-electron chi connectivity index (χ2n) is 4.80. The van der Waals surface area contributed by atoms with Crippen LogP contribution >= 0.6 is 0 Å². The van der Waals surface area contributed by atoms with Crippen molar-refractivity contribution in [3.05, 3.63) is 35.9 Å². The van der Waals surface area contributed by atoms with E-state index in [1.54, 1.807) is 9.25 Å². The van der Waals surface area contributed by atoms with Crippen molar-refractivity contribution < 1.29 is 8.78 Å². The number of halogens is 2. The fraction of sp³-hybridized carbons (Fsp3) is 0.385. The molecule has 6 nitrogen and oxygen atoms in total. The number of rotatable bonds is 5. The standard InChI is InChI=1S/C13H14F2N6/c1-2-3-4-21-13(17-18-19-21)7-20-8-16-11-5-9(14)10(15)6-12(11)20/h5-6,8H,2-4,7H2,1H3. The number of hydrogen-bond acceptors (Lipinski definition) is 4. The fourth-order valence-corrected chi connectivity index (χ4v) is 2.15. The number of hydrogen-bond donors (Lipinski definition) is 0. The van der Waals surface area contributed by atoms with E-state index in [0.717, 1.165) is 31.5 Å². The van der Waals surface area contributed by atoms with Crippen LogP contribution in [0.5, 0.6) is 0 Å². The monoisotopic (exact) mass is 292 g/mol. The van der Waals surface area contributed by atoms with E-state index in [1.807, 2.05) is 0 Å². The number of benzene rings is 1. The maximum atomic E-state index is 13.4. The zero-order valence-electron chi connectivity index (χ0n) is 11.5. The van der Waals surface area contributed by atoms with Gasteiger partial charge in [0.2, 0.25) is 0 Å². The predicted octanol–water partition coefficient (Wildman–Crippen LogP) is 2.15. The molecule has 0 saturated heterocycles. The summed E-state index contributed by atoms with van der Waals surface area (Å²) in [4.78, 5) is 4.07. The van der Waals surface area contributed by atoms with Crippen LogP contribution in [0.4, 0.5) is 8.78 Å². The van der Waals surface area contributed by atoms with E-state index >= 15 is 0 Å². The Labute approximate surface area is 119 Å². The van der Waals surface area contributed by atoms with Crippen LogP contribution in [0.2, 0.25) is 0 Å². The Morgan fingerprint density at radius 1 is 1.19 bits per heavy atom. The van der Waals surface area contributed by atoms with Crippen molar-refractivity contribution in [3.63, 3.8) is 0 Å². The van der Waals surface area contributed by atoms with Gasteiger partial charge in [-0.25, -0.2) is 18.4 Å². The molecule has 110 valence electrons. The van der Waals surface area contributed by atoms with E-state index in [0.29, 0.717) is 23.4 Å². The highest BCUT2D eigenvalue weighted by atomic mass is 19.2. The molecule has 0 unspecified atom stereocenters. The molecule has 3 aromatic rings. The molecule has 0 fully saturated rings. The minimum absolute atomic E-state index is 0.359. The third-order valence-electron chi connectivity index (χ3n) is 3.30. The molecule has 0 radical (unpaired) electrons. The maximum absolute atomic E-state index is 13.4. The highest BCUT2D eigenvalue weighted by Crippen LogP contribution is 2.18. The number of unbranched alkanes of at least 4 members (excludes halogenated alkanes) is 1. The maximum Gasteiger partial charge on any atom is 0.171 e. The van der Waals surface area contributed by atoms with Gasteiger partial charge in [0, 0.05) is 18.7 Å². The molecule has 0 aliphatic heterocycles. The smallest absolute Gasteiger partial charge is 0.171 e. The zero-order chi connectivity index (χ0) is 14.8. The molecule has 2 aromatic heterocycles. The van der Waals surface area contributed by atoms with Crippen LogP contribution in [0, 0.1) is 11.6 Å². The van der Waals surface area contributed by atoms with Crippen molar-refractivity contribution >= 4 is 11.0 Å². The molecule has 8 heteroatoms. The van der Waals surface area contributed by atoms with Gasteiger partial charge in [-0.1, -0.05) is 13.3 Å². The van der Waals surface area contributed by atoms with Crippen LogP contribution in [-0.4, -0.2) is 29.8 Å². The third-order valence-corrected chi connectivity index (χ3v) is 3.30. The number of aryl methyl sites for hydroxylation is 1. The van der Waals surface area contributed by atoms with Gasteiger partial charge in [-0.15, -0.1) is 5.10 Å². The van der Waals surface area contributed by atoms with Crippen LogP contribution in [-0.2, 0) is 13.1 Å². The van der Waals surface area contributed by atoms with Gasteiger partial charge < -0.3 is 4.57 Å². The number of imidazole rings is 1. The quantitative estimate of drug-likeness (QED) is 0.723. The molecule has 0 saturated carbocycles. The van der Waals surface area contributed by atoms with Gasteiger partial charge in [-0.3, -0.25) is 0 Å². The Morgan fingerprint density at radius 2 is 2.00 bits per heavy atom. The van der Waals surface area contributed by atoms with Crippen molar-refractivity contribution in [1.82, 2.24) is 29.8 Å². The summed E-state index contributed by atoms with van der Waals surface area (Å²) < 4.78 is 30.0. The van der Waals surface area contributed by atoms with Crippen molar-refractivity contribution in [2.75, 3.05) is 0 Å². The summed E-state index contributed by atoms with van der Waals surface area (Å²) in [5.74, 6) is -1.14. The molecule has 0 aliphatic rings. The van der Waals surface area contributed by atoms with Crippen LogP contribution in [0.25, 0.3) is 11.0 Å². The minimum atomic E-state index is -0.902. The van der Waals surface area contributed by atoms with Crippen molar-refractivity contribution in [2.45, 2.75) is 32.9 Å². The average Bonchev–Trinajstić information content (AvgIpc) is 3.06. The molecule has 0 atom stereocenters. The van der Waals surface area contributed by atoms with Gasteiger partial charge in [0.15, 0.2) is 17.5 Å². The molecule has 2 heterocycles. The number of nitrogens with zero attached hydrogens (tertiary/aromatic N) is 6. The Balaban J connectivity index is 1.92. The molecule has 1 aromatic carbocycles. The number of tetrazole rings is 1. The molecule has 0 spiro atoms. The Kier molecular flexibility index (Phi) is 3.59. The summed E-state index contributed by atoms with van der Waals surface area (Å²) in [5.41, 5.74) is 0.917. The minimum Gasteiger partial charge on any atom is -0.323 e. The largest absolute Gasteiger partial charge is 0.323 e. The lowest BCUT2D eigenvalue weighted by molar-refractivity contribution is 0.509. The summed E-state index contributed by atoms with van der Waals surface area (Å²) >= 11 is 0. The molecular weight excluding hydrogens is 278 g/mol. The summed E-state index contributed by atoms with van der Waals surface area (Å²) in [6, 6.07) is 2.22. The Morgan fingerprint density at radius 3 is 2.81 bits per heavy atom. The van der Waals surface area contributed by atoms with Crippen LogP contribution in [0.3, 0.4) is 0 Å². The van der Waals surface area contributed by atoms with E-state index in [-0.39, 0.29) is 0 Å². The van der Waals surface area contributed by atoms with Gasteiger partial charge in [0.05, 0.1) is 23.9 Å². The number of aromatic nitrogens is 6. The van der Waals surface area contributed by atoms with Gasteiger partial charge in [0.1, 0.15) is 0 Å². The van der Waals surface area contributed by atoms with Gasteiger partial charge in [0.25, 0.3) is 0 Å². The van der Waals surface area contributed by atoms with Crippen molar-refractivity contribution in [1.29, 1.82) is 0 Å². The summed E-state index contributed by atoms with van der Waals surface area (Å²) in [6.07, 6.45) is 3.54.